The molecule has 0 atom stereocenters. The first-order valence-corrected chi connectivity index (χ1v) is 7.38. The van der Waals surface area contributed by atoms with Crippen LogP contribution in [-0.4, -0.2) is 72.1 Å². The van der Waals surface area contributed by atoms with Gasteiger partial charge in [-0.2, -0.15) is 0 Å². The first-order chi connectivity index (χ1) is 10.8. The van der Waals surface area contributed by atoms with E-state index in [2.05, 4.69) is 0 Å². The van der Waals surface area contributed by atoms with Gasteiger partial charge in [-0.3, -0.25) is 19.2 Å². The lowest BCUT2D eigenvalue weighted by molar-refractivity contribution is -0.135. The van der Waals surface area contributed by atoms with E-state index in [1.165, 1.54) is 0 Å². The maximum absolute atomic E-state index is 9.00. The van der Waals surface area contributed by atoms with E-state index in [1.54, 1.807) is 0 Å². The van der Waals surface area contributed by atoms with Crippen LogP contribution in [0, 0.1) is 0 Å². The van der Waals surface area contributed by atoms with E-state index in [0.29, 0.717) is 13.1 Å². The van der Waals surface area contributed by atoms with Gasteiger partial charge in [0.1, 0.15) is 0 Å². The fourth-order valence-electron chi connectivity index (χ4n) is 0. The number of aliphatic carboxylic acids is 4. The van der Waals surface area contributed by atoms with Gasteiger partial charge in [0.2, 0.25) is 0 Å². The van der Waals surface area contributed by atoms with Gasteiger partial charge in [0.15, 0.2) is 0 Å². The predicted octanol–water partition coefficient (Wildman–Crippen LogP) is -1.66. The number of nitrogens with two attached hydrogens (primary N) is 2. The number of carbonyl (C=O) groups is 4. The quantitative estimate of drug-likeness (QED) is 0.223. The summed E-state index contributed by atoms with van der Waals surface area (Å²) in [5.41, 5.74) is 9.81. The van der Waals surface area contributed by atoms with E-state index in [0.717, 1.165) is 27.7 Å². The van der Waals surface area contributed by atoms with Gasteiger partial charge in [-0.05, 0) is 0 Å². The Balaban J connectivity index is -0.0000000434. The minimum Gasteiger partial charge on any atom is -0.481 e. The lowest BCUT2D eigenvalue weighted by Gasteiger charge is -1.82. The molecule has 154 valence electrons. The average molecular weight is 398 g/mol. The molecule has 0 aromatic heterocycles. The number of carboxylic acid groups (broad SMARTS) is 4. The summed E-state index contributed by atoms with van der Waals surface area (Å²) in [6.07, 6.45) is 0. The van der Waals surface area contributed by atoms with Crippen molar-refractivity contribution in [3.8, 4) is 0 Å². The van der Waals surface area contributed by atoms with Crippen molar-refractivity contribution in [3.05, 3.63) is 0 Å². The van der Waals surface area contributed by atoms with Crippen molar-refractivity contribution in [3.63, 3.8) is 0 Å². The fourth-order valence-corrected chi connectivity index (χ4v) is 0. The Labute approximate surface area is 143 Å². The van der Waals surface area contributed by atoms with Crippen LogP contribution in [0.2, 0.25) is 0 Å². The van der Waals surface area contributed by atoms with Crippen molar-refractivity contribution in [1.82, 2.24) is 0 Å². The second kappa shape index (κ2) is 29.9. The highest BCUT2D eigenvalue weighted by molar-refractivity contribution is 7.45. The number of carboxylic acids is 4. The molecule has 0 radical (unpaired) electrons. The molecule has 0 rings (SSSR count). The second-order valence-electron chi connectivity index (χ2n) is 3.17. The Morgan fingerprint density at radius 2 is 0.680 bits per heavy atom. The molecule has 0 saturated carbocycles. The highest BCUT2D eigenvalue weighted by atomic mass is 31.2. The Kier molecular flexibility index (Phi) is 45.9. The normalized spacial score (nSPS) is 7.56. The minimum atomic E-state index is -4.64. The third-order valence-electron chi connectivity index (χ3n) is 0.167. The van der Waals surface area contributed by atoms with Gasteiger partial charge in [0.25, 0.3) is 23.9 Å². The van der Waals surface area contributed by atoms with Crippen LogP contribution in [0.1, 0.15) is 27.7 Å². The van der Waals surface area contributed by atoms with Crippen LogP contribution < -0.4 is 11.5 Å². The standard InChI is InChI=1S/C2H8N2.4C2H4O2.H3O4P/c3-1-2-4;4*1-2(3)4;1-5(2,3)4/h1-4H2;4*1H3,(H,3,4);(H3,1,2,3,4). The van der Waals surface area contributed by atoms with Crippen molar-refractivity contribution < 1.29 is 58.8 Å². The van der Waals surface area contributed by atoms with Crippen molar-refractivity contribution >= 4 is 31.7 Å². The summed E-state index contributed by atoms with van der Waals surface area (Å²) in [6, 6.07) is 0. The van der Waals surface area contributed by atoms with Crippen LogP contribution >= 0.6 is 7.82 Å². The van der Waals surface area contributed by atoms with Crippen LogP contribution in [-0.2, 0) is 23.7 Å². The van der Waals surface area contributed by atoms with Crippen molar-refractivity contribution in [2.75, 3.05) is 13.1 Å². The van der Waals surface area contributed by atoms with Crippen LogP contribution in [0.3, 0.4) is 0 Å². The zero-order valence-corrected chi connectivity index (χ0v) is 15.1. The van der Waals surface area contributed by atoms with Crippen molar-refractivity contribution in [2.24, 2.45) is 11.5 Å². The van der Waals surface area contributed by atoms with Gasteiger partial charge >= 0.3 is 7.82 Å². The van der Waals surface area contributed by atoms with Gasteiger partial charge < -0.3 is 46.6 Å². The molecule has 0 aliphatic carbocycles. The molecule has 14 nitrogen and oxygen atoms in total. The zero-order valence-electron chi connectivity index (χ0n) is 14.2. The van der Waals surface area contributed by atoms with E-state index in [1.807, 2.05) is 0 Å². The Bertz CT molecular complexity index is 308. The molecule has 0 aromatic rings. The summed E-state index contributed by atoms with van der Waals surface area (Å²) in [7, 11) is -4.64. The van der Waals surface area contributed by atoms with Gasteiger partial charge in [0, 0.05) is 40.8 Å². The predicted molar refractivity (Wildman–Crippen MR) is 85.6 cm³/mol. The van der Waals surface area contributed by atoms with E-state index < -0.39 is 31.7 Å². The molecule has 15 heteroatoms. The van der Waals surface area contributed by atoms with E-state index in [-0.39, 0.29) is 0 Å². The Morgan fingerprint density at radius 1 is 0.640 bits per heavy atom. The first-order valence-electron chi connectivity index (χ1n) is 5.81. The van der Waals surface area contributed by atoms with E-state index >= 15 is 0 Å². The molecule has 11 N–H and O–H groups in total. The highest BCUT2D eigenvalue weighted by Crippen LogP contribution is 2.25. The van der Waals surface area contributed by atoms with Crippen LogP contribution in [0.25, 0.3) is 0 Å². The first kappa shape index (κ1) is 38.5. The summed E-state index contributed by atoms with van der Waals surface area (Å²) >= 11 is 0. The molecule has 0 saturated heterocycles. The van der Waals surface area contributed by atoms with Crippen LogP contribution in [0.15, 0.2) is 0 Å². The van der Waals surface area contributed by atoms with Gasteiger partial charge in [0.05, 0.1) is 0 Å². The molecule has 0 amide bonds. The monoisotopic (exact) mass is 398 g/mol. The molecule has 0 heterocycles. The largest absolute Gasteiger partial charge is 0.481 e. The lowest BCUT2D eigenvalue weighted by atomic mass is 10.7. The summed E-state index contributed by atoms with van der Waals surface area (Å²) in [5, 5.41) is 29.7. The van der Waals surface area contributed by atoms with E-state index in [4.69, 9.17) is 70.3 Å². The smallest absolute Gasteiger partial charge is 0.466 e. The topological polar surface area (TPSA) is 279 Å². The van der Waals surface area contributed by atoms with Crippen LogP contribution in [0.5, 0.6) is 0 Å². The summed E-state index contributed by atoms with van der Waals surface area (Å²) in [4.78, 5) is 57.6. The maximum Gasteiger partial charge on any atom is 0.466 e. The Hall–Kier alpha value is -2.09. The summed E-state index contributed by atoms with van der Waals surface area (Å²) in [5.74, 6) is -3.33. The van der Waals surface area contributed by atoms with Crippen molar-refractivity contribution in [1.29, 1.82) is 0 Å². The molecular formula is C10H27N2O12P. The summed E-state index contributed by atoms with van der Waals surface area (Å²) < 4.78 is 8.88. The average Bonchev–Trinajstić information content (AvgIpc) is 2.22. The third kappa shape index (κ3) is 7310. The third-order valence-corrected chi connectivity index (χ3v) is 0.167. The van der Waals surface area contributed by atoms with Crippen LogP contribution in [0.4, 0.5) is 0 Å². The second-order valence-corrected chi connectivity index (χ2v) is 4.19. The maximum atomic E-state index is 9.00. The number of hydrogen-bond acceptors (Lipinski definition) is 7. The highest BCUT2D eigenvalue weighted by Gasteiger charge is 2.00. The molecule has 0 aliphatic rings. The number of phosphoric acid groups is 1. The molecular weight excluding hydrogens is 371 g/mol. The Morgan fingerprint density at radius 3 is 0.680 bits per heavy atom. The molecule has 0 bridgehead atoms. The lowest BCUT2D eigenvalue weighted by Crippen LogP contribution is -2.11. The molecule has 0 fully saturated rings. The SMILES string of the molecule is CC(=O)O.CC(=O)O.CC(=O)O.CC(=O)O.NCCN.O=P(O)(O)O. The van der Waals surface area contributed by atoms with Gasteiger partial charge in [-0.25, -0.2) is 4.57 Å². The molecule has 25 heavy (non-hydrogen) atoms. The zero-order chi connectivity index (χ0) is 22.2. The van der Waals surface area contributed by atoms with Gasteiger partial charge in [-0.15, -0.1) is 0 Å². The van der Waals surface area contributed by atoms with Crippen molar-refractivity contribution in [2.45, 2.75) is 27.7 Å². The molecule has 0 spiro atoms. The number of hydrogen-bond donors (Lipinski definition) is 9. The van der Waals surface area contributed by atoms with Gasteiger partial charge in [-0.1, -0.05) is 0 Å². The molecule has 0 aliphatic heterocycles. The fraction of sp³-hybridized carbons (Fsp3) is 0.600. The molecule has 0 unspecified atom stereocenters. The number of rotatable bonds is 1. The minimum absolute atomic E-state index is 0.597. The summed E-state index contributed by atoms with van der Waals surface area (Å²) in [6.45, 7) is 5.53. The van der Waals surface area contributed by atoms with E-state index in [9.17, 15) is 0 Å². The molecule has 0 aromatic carbocycles.